The number of carbonyl (C=O) groups is 1. The van der Waals surface area contributed by atoms with Gasteiger partial charge in [0, 0.05) is 11.3 Å². The van der Waals surface area contributed by atoms with E-state index in [1.54, 1.807) is 0 Å². The Hall–Kier alpha value is -2.53. The van der Waals surface area contributed by atoms with Crippen LogP contribution < -0.4 is 15.4 Å². The van der Waals surface area contributed by atoms with E-state index in [4.69, 9.17) is 4.74 Å². The van der Waals surface area contributed by atoms with Crippen LogP contribution in [0.2, 0.25) is 0 Å². The van der Waals surface area contributed by atoms with Gasteiger partial charge in [-0.25, -0.2) is 0 Å². The molecule has 0 bridgehead atoms. The van der Waals surface area contributed by atoms with Crippen molar-refractivity contribution in [1.29, 1.82) is 0 Å². The van der Waals surface area contributed by atoms with Crippen LogP contribution in [0.25, 0.3) is 0 Å². The average molecular weight is 352 g/mol. The van der Waals surface area contributed by atoms with E-state index in [2.05, 4.69) is 22.8 Å². The largest absolute Gasteiger partial charge is 0.494 e. The molecule has 3 atom stereocenters. The molecule has 2 aromatic rings. The van der Waals surface area contributed by atoms with Crippen molar-refractivity contribution in [1.82, 2.24) is 5.32 Å². The SMILES string of the molecule is CCOc1ccccc1C1Nc2ccccc2C[C@@]12C[C@H](CO)NC2=O. The second-order valence-corrected chi connectivity index (χ2v) is 7.10. The van der Waals surface area contributed by atoms with Crippen molar-refractivity contribution in [3.8, 4) is 5.75 Å². The highest BCUT2D eigenvalue weighted by Gasteiger charge is 2.55. The third-order valence-electron chi connectivity index (χ3n) is 5.52. The zero-order valence-corrected chi connectivity index (χ0v) is 14.9. The lowest BCUT2D eigenvalue weighted by Gasteiger charge is -2.42. The number of carbonyl (C=O) groups excluding carboxylic acids is 1. The number of hydrogen-bond donors (Lipinski definition) is 3. The molecule has 3 N–H and O–H groups in total. The van der Waals surface area contributed by atoms with Crippen LogP contribution in [0.5, 0.6) is 5.75 Å². The van der Waals surface area contributed by atoms with Crippen molar-refractivity contribution < 1.29 is 14.6 Å². The first-order valence-corrected chi connectivity index (χ1v) is 9.16. The standard InChI is InChI=1S/C21H24N2O3/c1-2-26-18-10-6-4-8-16(18)19-21(12-15(13-24)22-20(21)25)11-14-7-3-5-9-17(14)23-19/h3-10,15,19,23-24H,2,11-13H2,1H3,(H,22,25)/t15-,19?,21-/m1/s1. The topological polar surface area (TPSA) is 70.6 Å². The van der Waals surface area contributed by atoms with Crippen molar-refractivity contribution in [2.45, 2.75) is 31.8 Å². The normalized spacial score (nSPS) is 26.9. The van der Waals surface area contributed by atoms with Crippen LogP contribution in [0.1, 0.15) is 30.5 Å². The number of hydrogen-bond acceptors (Lipinski definition) is 4. The molecule has 0 radical (unpaired) electrons. The maximum absolute atomic E-state index is 13.1. The summed E-state index contributed by atoms with van der Waals surface area (Å²) < 4.78 is 5.85. The quantitative estimate of drug-likeness (QED) is 0.791. The Kier molecular flexibility index (Phi) is 4.32. The molecule has 26 heavy (non-hydrogen) atoms. The van der Waals surface area contributed by atoms with Crippen molar-refractivity contribution in [3.05, 3.63) is 59.7 Å². The average Bonchev–Trinajstić information content (AvgIpc) is 2.98. The monoisotopic (exact) mass is 352 g/mol. The molecular formula is C21H24N2O3. The molecule has 0 aromatic heterocycles. The van der Waals surface area contributed by atoms with E-state index in [-0.39, 0.29) is 24.6 Å². The summed E-state index contributed by atoms with van der Waals surface area (Å²) in [7, 11) is 0. The summed E-state index contributed by atoms with van der Waals surface area (Å²) in [6, 6.07) is 15.6. The van der Waals surface area contributed by atoms with Gasteiger partial charge in [-0.2, -0.15) is 0 Å². The first kappa shape index (κ1) is 16.9. The predicted octanol–water partition coefficient (Wildman–Crippen LogP) is 2.66. The number of benzene rings is 2. The van der Waals surface area contributed by atoms with Crippen LogP contribution in [-0.4, -0.2) is 30.3 Å². The molecule has 0 saturated carbocycles. The van der Waals surface area contributed by atoms with Gasteiger partial charge in [0.15, 0.2) is 0 Å². The summed E-state index contributed by atoms with van der Waals surface area (Å²) in [6.07, 6.45) is 1.23. The Balaban J connectivity index is 1.84. The molecule has 1 amide bonds. The molecule has 1 fully saturated rings. The van der Waals surface area contributed by atoms with Crippen LogP contribution >= 0.6 is 0 Å². The first-order valence-electron chi connectivity index (χ1n) is 9.16. The van der Waals surface area contributed by atoms with Gasteiger partial charge in [0.2, 0.25) is 5.91 Å². The number of rotatable bonds is 4. The van der Waals surface area contributed by atoms with Gasteiger partial charge >= 0.3 is 0 Å². The zero-order valence-electron chi connectivity index (χ0n) is 14.9. The molecule has 4 rings (SSSR count). The van der Waals surface area contributed by atoms with Gasteiger partial charge in [-0.15, -0.1) is 0 Å². The predicted molar refractivity (Wildman–Crippen MR) is 100 cm³/mol. The van der Waals surface area contributed by atoms with Gasteiger partial charge in [0.05, 0.1) is 30.7 Å². The lowest BCUT2D eigenvalue weighted by molar-refractivity contribution is -0.128. The van der Waals surface area contributed by atoms with E-state index in [0.29, 0.717) is 19.4 Å². The number of aliphatic hydroxyl groups excluding tert-OH is 1. The molecule has 2 aromatic carbocycles. The molecule has 5 heteroatoms. The summed E-state index contributed by atoms with van der Waals surface area (Å²) in [5.41, 5.74) is 2.52. The van der Waals surface area contributed by atoms with Crippen LogP contribution in [0.15, 0.2) is 48.5 Å². The van der Waals surface area contributed by atoms with Gasteiger partial charge < -0.3 is 20.5 Å². The fourth-order valence-corrected chi connectivity index (χ4v) is 4.36. The number of para-hydroxylation sites is 2. The molecular weight excluding hydrogens is 328 g/mol. The lowest BCUT2D eigenvalue weighted by atomic mass is 9.68. The van der Waals surface area contributed by atoms with Crippen LogP contribution in [-0.2, 0) is 11.2 Å². The van der Waals surface area contributed by atoms with Crippen LogP contribution in [0.4, 0.5) is 5.69 Å². The Labute approximate surface area is 153 Å². The summed E-state index contributed by atoms with van der Waals surface area (Å²) in [5, 5.41) is 16.2. The Morgan fingerprint density at radius 1 is 1.15 bits per heavy atom. The van der Waals surface area contributed by atoms with Crippen molar-refractivity contribution >= 4 is 11.6 Å². The van der Waals surface area contributed by atoms with Gasteiger partial charge in [-0.1, -0.05) is 36.4 Å². The van der Waals surface area contributed by atoms with Crippen LogP contribution in [0.3, 0.4) is 0 Å². The maximum atomic E-state index is 13.1. The first-order chi connectivity index (χ1) is 12.7. The van der Waals surface area contributed by atoms with E-state index in [1.165, 1.54) is 0 Å². The summed E-state index contributed by atoms with van der Waals surface area (Å²) in [5.74, 6) is 0.793. The van der Waals surface area contributed by atoms with E-state index in [1.807, 2.05) is 43.3 Å². The zero-order chi connectivity index (χ0) is 18.1. The summed E-state index contributed by atoms with van der Waals surface area (Å²) in [6.45, 7) is 2.48. The Morgan fingerprint density at radius 3 is 2.69 bits per heavy atom. The van der Waals surface area contributed by atoms with Crippen LogP contribution in [0, 0.1) is 5.41 Å². The third kappa shape index (κ3) is 2.63. The maximum Gasteiger partial charge on any atom is 0.229 e. The number of aliphatic hydroxyl groups is 1. The highest BCUT2D eigenvalue weighted by Crippen LogP contribution is 2.52. The molecule has 1 saturated heterocycles. The lowest BCUT2D eigenvalue weighted by Crippen LogP contribution is -2.45. The van der Waals surface area contributed by atoms with Crippen molar-refractivity contribution in [3.63, 3.8) is 0 Å². The van der Waals surface area contributed by atoms with Gasteiger partial charge in [0.1, 0.15) is 5.75 Å². The number of anilines is 1. The Morgan fingerprint density at radius 2 is 1.92 bits per heavy atom. The third-order valence-corrected chi connectivity index (χ3v) is 5.52. The second kappa shape index (κ2) is 6.65. The van der Waals surface area contributed by atoms with Crippen molar-refractivity contribution in [2.75, 3.05) is 18.5 Å². The number of amides is 1. The van der Waals surface area contributed by atoms with E-state index in [0.717, 1.165) is 22.6 Å². The van der Waals surface area contributed by atoms with E-state index < -0.39 is 5.41 Å². The Bertz CT molecular complexity index is 822. The molecule has 0 aliphatic carbocycles. The second-order valence-electron chi connectivity index (χ2n) is 7.10. The molecule has 1 spiro atoms. The molecule has 1 unspecified atom stereocenters. The van der Waals surface area contributed by atoms with Gasteiger partial charge in [0.25, 0.3) is 0 Å². The highest BCUT2D eigenvalue weighted by atomic mass is 16.5. The molecule has 5 nitrogen and oxygen atoms in total. The molecule has 136 valence electrons. The minimum atomic E-state index is -0.644. The molecule has 2 heterocycles. The van der Waals surface area contributed by atoms with Gasteiger partial charge in [-0.05, 0) is 37.5 Å². The molecule has 2 aliphatic rings. The number of nitrogens with one attached hydrogen (secondary N) is 2. The summed E-state index contributed by atoms with van der Waals surface area (Å²) >= 11 is 0. The number of ether oxygens (including phenoxy) is 1. The fourth-order valence-electron chi connectivity index (χ4n) is 4.36. The number of fused-ring (bicyclic) bond motifs is 1. The van der Waals surface area contributed by atoms with E-state index in [9.17, 15) is 9.90 Å². The smallest absolute Gasteiger partial charge is 0.229 e. The van der Waals surface area contributed by atoms with E-state index >= 15 is 0 Å². The summed E-state index contributed by atoms with van der Waals surface area (Å²) in [4.78, 5) is 13.1. The van der Waals surface area contributed by atoms with Gasteiger partial charge in [-0.3, -0.25) is 4.79 Å². The molecule has 2 aliphatic heterocycles. The fraction of sp³-hybridized carbons (Fsp3) is 0.381. The minimum absolute atomic E-state index is 0.00476. The highest BCUT2D eigenvalue weighted by molar-refractivity contribution is 5.88. The van der Waals surface area contributed by atoms with Crippen molar-refractivity contribution in [2.24, 2.45) is 5.41 Å². The minimum Gasteiger partial charge on any atom is -0.494 e.